The van der Waals surface area contributed by atoms with Crippen LogP contribution in [-0.2, 0) is 6.42 Å². The highest BCUT2D eigenvalue weighted by Crippen LogP contribution is 2.21. The van der Waals surface area contributed by atoms with Crippen LogP contribution in [0.25, 0.3) is 0 Å². The number of benzene rings is 2. The van der Waals surface area contributed by atoms with Gasteiger partial charge < -0.3 is 0 Å². The molecule has 2 nitrogen and oxygen atoms in total. The zero-order valence-electron chi connectivity index (χ0n) is 10.0. The fourth-order valence-corrected chi connectivity index (χ4v) is 2.45. The molecule has 0 aromatic heterocycles. The summed E-state index contributed by atoms with van der Waals surface area (Å²) in [5, 5.41) is 0. The van der Waals surface area contributed by atoms with Crippen LogP contribution < -0.4 is 11.3 Å². The minimum atomic E-state index is -0.306. The van der Waals surface area contributed by atoms with E-state index in [4.69, 9.17) is 5.84 Å². The summed E-state index contributed by atoms with van der Waals surface area (Å²) in [5.74, 6) is 4.91. The number of halogens is 3. The highest BCUT2D eigenvalue weighted by Gasteiger charge is 2.11. The van der Waals surface area contributed by atoms with Crippen molar-refractivity contribution in [2.24, 2.45) is 5.84 Å². The lowest BCUT2D eigenvalue weighted by Crippen LogP contribution is -2.29. The van der Waals surface area contributed by atoms with Crippen LogP contribution in [0.1, 0.15) is 17.2 Å². The molecule has 2 aromatic rings. The van der Waals surface area contributed by atoms with E-state index in [1.165, 1.54) is 24.3 Å². The molecule has 0 fully saturated rings. The number of hydrazine groups is 1. The molecule has 0 bridgehead atoms. The molecular weight excluding hydrogens is 314 g/mol. The Morgan fingerprint density at radius 3 is 2.32 bits per heavy atom. The van der Waals surface area contributed by atoms with E-state index < -0.39 is 0 Å². The number of hydrogen-bond acceptors (Lipinski definition) is 2. The highest BCUT2D eigenvalue weighted by molar-refractivity contribution is 9.10. The molecule has 0 aliphatic carbocycles. The summed E-state index contributed by atoms with van der Waals surface area (Å²) in [5.41, 5.74) is 4.32. The Bertz CT molecular complexity index is 538. The molecule has 2 rings (SSSR count). The maximum atomic E-state index is 13.3. The molecule has 0 heterocycles. The average molecular weight is 327 g/mol. The summed E-state index contributed by atoms with van der Waals surface area (Å²) in [6.45, 7) is 0. The van der Waals surface area contributed by atoms with Gasteiger partial charge in [0.1, 0.15) is 11.6 Å². The normalized spacial score (nSPS) is 12.4. The number of rotatable bonds is 4. The van der Waals surface area contributed by atoms with Crippen molar-refractivity contribution in [3.63, 3.8) is 0 Å². The minimum Gasteiger partial charge on any atom is -0.271 e. The van der Waals surface area contributed by atoms with Crippen molar-refractivity contribution in [3.05, 3.63) is 69.7 Å². The Kier molecular flexibility index (Phi) is 4.63. The molecule has 2 aromatic carbocycles. The van der Waals surface area contributed by atoms with E-state index in [1.807, 2.05) is 6.07 Å². The molecule has 0 amide bonds. The first-order valence-electron chi connectivity index (χ1n) is 5.75. The van der Waals surface area contributed by atoms with E-state index in [1.54, 1.807) is 12.1 Å². The first kappa shape index (κ1) is 14.1. The second kappa shape index (κ2) is 6.23. The molecule has 0 aliphatic rings. The average Bonchev–Trinajstić information content (AvgIpc) is 2.36. The number of nitrogens with two attached hydrogens (primary N) is 1. The lowest BCUT2D eigenvalue weighted by atomic mass is 9.99. The van der Waals surface area contributed by atoms with Crippen LogP contribution in [0.2, 0.25) is 0 Å². The summed E-state index contributed by atoms with van der Waals surface area (Å²) in [6.07, 6.45) is 0.512. The predicted octanol–water partition coefficient (Wildman–Crippen LogP) is 3.47. The van der Waals surface area contributed by atoms with Crippen molar-refractivity contribution < 1.29 is 8.78 Å². The van der Waals surface area contributed by atoms with Crippen molar-refractivity contribution in [3.8, 4) is 0 Å². The maximum Gasteiger partial charge on any atom is 0.124 e. The fourth-order valence-electron chi connectivity index (χ4n) is 1.93. The van der Waals surface area contributed by atoms with Gasteiger partial charge in [0.25, 0.3) is 0 Å². The van der Waals surface area contributed by atoms with Crippen molar-refractivity contribution in [1.29, 1.82) is 0 Å². The molecule has 1 atom stereocenters. The summed E-state index contributed by atoms with van der Waals surface area (Å²) in [7, 11) is 0. The first-order chi connectivity index (χ1) is 9.08. The van der Waals surface area contributed by atoms with E-state index in [0.29, 0.717) is 10.9 Å². The maximum absolute atomic E-state index is 13.3. The van der Waals surface area contributed by atoms with Crippen LogP contribution in [-0.4, -0.2) is 0 Å². The van der Waals surface area contributed by atoms with E-state index in [0.717, 1.165) is 11.1 Å². The first-order valence-corrected chi connectivity index (χ1v) is 6.54. The van der Waals surface area contributed by atoms with E-state index in [-0.39, 0.29) is 17.7 Å². The van der Waals surface area contributed by atoms with Crippen molar-refractivity contribution in [2.75, 3.05) is 0 Å². The van der Waals surface area contributed by atoms with Gasteiger partial charge in [-0.25, -0.2) is 8.78 Å². The fraction of sp³-hybridized carbons (Fsp3) is 0.143. The zero-order valence-corrected chi connectivity index (χ0v) is 11.6. The van der Waals surface area contributed by atoms with Crippen LogP contribution in [0.15, 0.2) is 46.9 Å². The minimum absolute atomic E-state index is 0.200. The molecule has 0 spiro atoms. The smallest absolute Gasteiger partial charge is 0.124 e. The molecule has 5 heteroatoms. The van der Waals surface area contributed by atoms with Gasteiger partial charge >= 0.3 is 0 Å². The van der Waals surface area contributed by atoms with E-state index >= 15 is 0 Å². The molecule has 0 saturated heterocycles. The quantitative estimate of drug-likeness (QED) is 0.667. The second-order valence-electron chi connectivity index (χ2n) is 4.25. The molecule has 100 valence electrons. The Labute approximate surface area is 118 Å². The van der Waals surface area contributed by atoms with Gasteiger partial charge in [-0.15, -0.1) is 0 Å². The van der Waals surface area contributed by atoms with Crippen LogP contribution in [0, 0.1) is 11.6 Å². The molecule has 0 saturated carbocycles. The van der Waals surface area contributed by atoms with Gasteiger partial charge in [-0.2, -0.15) is 0 Å². The third-order valence-electron chi connectivity index (χ3n) is 2.84. The standard InChI is InChI=1S/C14H13BrF2N2/c15-11-5-9(6-13(17)8-11)7-14(19-18)10-1-3-12(16)4-2-10/h1-6,8,14,19H,7,18H2. The third kappa shape index (κ3) is 3.83. The Morgan fingerprint density at radius 1 is 1.05 bits per heavy atom. The summed E-state index contributed by atoms with van der Waals surface area (Å²) < 4.78 is 26.9. The summed E-state index contributed by atoms with van der Waals surface area (Å²) in [4.78, 5) is 0. The Morgan fingerprint density at radius 2 is 1.74 bits per heavy atom. The molecule has 0 radical (unpaired) electrons. The Balaban J connectivity index is 2.21. The monoisotopic (exact) mass is 326 g/mol. The molecular formula is C14H13BrF2N2. The van der Waals surface area contributed by atoms with Gasteiger partial charge in [0.2, 0.25) is 0 Å². The van der Waals surface area contributed by atoms with E-state index in [9.17, 15) is 8.78 Å². The van der Waals surface area contributed by atoms with Gasteiger partial charge in [-0.05, 0) is 47.9 Å². The zero-order chi connectivity index (χ0) is 13.8. The topological polar surface area (TPSA) is 38.0 Å². The lowest BCUT2D eigenvalue weighted by Gasteiger charge is -2.16. The summed E-state index contributed by atoms with van der Waals surface area (Å²) >= 11 is 3.25. The van der Waals surface area contributed by atoms with Crippen molar-refractivity contribution >= 4 is 15.9 Å². The lowest BCUT2D eigenvalue weighted by molar-refractivity contribution is 0.546. The number of nitrogens with one attached hydrogen (secondary N) is 1. The van der Waals surface area contributed by atoms with Gasteiger partial charge in [-0.1, -0.05) is 28.1 Å². The van der Waals surface area contributed by atoms with Crippen LogP contribution in [0.4, 0.5) is 8.78 Å². The van der Waals surface area contributed by atoms with Crippen LogP contribution >= 0.6 is 15.9 Å². The third-order valence-corrected chi connectivity index (χ3v) is 3.29. The van der Waals surface area contributed by atoms with Gasteiger partial charge in [0.05, 0.1) is 0 Å². The molecule has 0 aliphatic heterocycles. The van der Waals surface area contributed by atoms with Crippen LogP contribution in [0.3, 0.4) is 0 Å². The van der Waals surface area contributed by atoms with Crippen LogP contribution in [0.5, 0.6) is 0 Å². The van der Waals surface area contributed by atoms with Gasteiger partial charge in [0, 0.05) is 10.5 Å². The SMILES string of the molecule is NNC(Cc1cc(F)cc(Br)c1)c1ccc(F)cc1. The number of hydrogen-bond donors (Lipinski definition) is 2. The van der Waals surface area contributed by atoms with Crippen molar-refractivity contribution in [2.45, 2.75) is 12.5 Å². The molecule has 1 unspecified atom stereocenters. The van der Waals surface area contributed by atoms with Crippen molar-refractivity contribution in [1.82, 2.24) is 5.43 Å². The highest BCUT2D eigenvalue weighted by atomic mass is 79.9. The molecule has 19 heavy (non-hydrogen) atoms. The van der Waals surface area contributed by atoms with E-state index in [2.05, 4.69) is 21.4 Å². The predicted molar refractivity (Wildman–Crippen MR) is 74.3 cm³/mol. The Hall–Kier alpha value is -1.30. The molecule has 3 N–H and O–H groups in total. The largest absolute Gasteiger partial charge is 0.271 e. The second-order valence-corrected chi connectivity index (χ2v) is 5.17. The van der Waals surface area contributed by atoms with Gasteiger partial charge in [-0.3, -0.25) is 11.3 Å². The van der Waals surface area contributed by atoms with Gasteiger partial charge in [0.15, 0.2) is 0 Å². The summed E-state index contributed by atoms with van der Waals surface area (Å²) in [6, 6.07) is 10.6.